The lowest BCUT2D eigenvalue weighted by Crippen LogP contribution is -2.43. The van der Waals surface area contributed by atoms with E-state index in [-0.39, 0.29) is 0 Å². The van der Waals surface area contributed by atoms with Crippen LogP contribution in [0.15, 0.2) is 57.1 Å². The third-order valence-electron chi connectivity index (χ3n) is 4.20. The molecule has 0 saturated carbocycles. The van der Waals surface area contributed by atoms with Crippen molar-refractivity contribution in [2.45, 2.75) is 48.8 Å². The molecule has 1 saturated heterocycles. The van der Waals surface area contributed by atoms with Gasteiger partial charge >= 0.3 is 17.6 Å². The molecule has 5 atom stereocenters. The first-order valence-electron chi connectivity index (χ1n) is 8.93. The van der Waals surface area contributed by atoms with Crippen LogP contribution in [0.4, 0.5) is 4.39 Å². The van der Waals surface area contributed by atoms with Crippen molar-refractivity contribution in [1.29, 1.82) is 0 Å². The van der Waals surface area contributed by atoms with Gasteiger partial charge in [-0.05, 0) is 12.1 Å². The number of hydrogen-bond acceptors (Lipinski definition) is 8. The summed E-state index contributed by atoms with van der Waals surface area (Å²) in [5.41, 5.74) is -3.22. The second-order valence-electron chi connectivity index (χ2n) is 6.44. The highest BCUT2D eigenvalue weighted by molar-refractivity contribution is 7.99. The van der Waals surface area contributed by atoms with E-state index in [1.54, 1.807) is 30.3 Å². The summed E-state index contributed by atoms with van der Waals surface area (Å²) in [5.74, 6) is -1.48. The zero-order valence-corrected chi connectivity index (χ0v) is 16.8. The Labute approximate surface area is 174 Å². The standard InChI is InChI=1S/C19H19FN2O7S/c1-10(23)27-14-15(17(20)30-12-6-4-3-5-7-12)29-18(16(14)28-11(2)24)22-9-8-13(25)21-19(22)26/h3-9,14-18H,1-2H3,(H,21,25,26)/t14-,15+,16-,17-,18-/m1/s1. The van der Waals surface area contributed by atoms with E-state index in [9.17, 15) is 19.2 Å². The first kappa shape index (κ1) is 21.8. The molecule has 9 nitrogen and oxygen atoms in total. The van der Waals surface area contributed by atoms with E-state index in [2.05, 4.69) is 4.98 Å². The molecular formula is C19H19FN2O7S. The number of aromatic amines is 1. The predicted molar refractivity (Wildman–Crippen MR) is 104 cm³/mol. The number of aromatic nitrogens is 2. The Morgan fingerprint density at radius 1 is 1.10 bits per heavy atom. The molecule has 0 aliphatic carbocycles. The molecule has 3 rings (SSSR count). The summed E-state index contributed by atoms with van der Waals surface area (Å²) in [4.78, 5) is 49.6. The van der Waals surface area contributed by atoms with E-state index in [1.165, 1.54) is 0 Å². The maximum Gasteiger partial charge on any atom is 0.330 e. The van der Waals surface area contributed by atoms with Gasteiger partial charge in [-0.1, -0.05) is 30.0 Å². The molecule has 0 bridgehead atoms. The highest BCUT2D eigenvalue weighted by Crippen LogP contribution is 2.40. The van der Waals surface area contributed by atoms with Gasteiger partial charge in [0.15, 0.2) is 23.9 Å². The fourth-order valence-electron chi connectivity index (χ4n) is 3.07. The summed E-state index contributed by atoms with van der Waals surface area (Å²) in [7, 11) is 0. The van der Waals surface area contributed by atoms with E-state index in [0.717, 1.165) is 42.4 Å². The Morgan fingerprint density at radius 2 is 1.73 bits per heavy atom. The van der Waals surface area contributed by atoms with Crippen LogP contribution in [0.25, 0.3) is 0 Å². The number of alkyl halides is 1. The van der Waals surface area contributed by atoms with Gasteiger partial charge in [-0.3, -0.25) is 23.9 Å². The van der Waals surface area contributed by atoms with E-state index >= 15 is 4.39 Å². The summed E-state index contributed by atoms with van der Waals surface area (Å²) in [6.45, 7) is 2.25. The average Bonchev–Trinajstić information content (AvgIpc) is 2.99. The summed E-state index contributed by atoms with van der Waals surface area (Å²) >= 11 is 0.828. The number of carbonyl (C=O) groups excluding carboxylic acids is 2. The molecule has 1 aromatic carbocycles. The minimum absolute atomic E-state index is 0.601. The molecule has 1 aliphatic rings. The molecule has 30 heavy (non-hydrogen) atoms. The smallest absolute Gasteiger partial charge is 0.330 e. The van der Waals surface area contributed by atoms with Gasteiger partial charge in [0.1, 0.15) is 6.10 Å². The second-order valence-corrected chi connectivity index (χ2v) is 7.60. The Bertz CT molecular complexity index is 1030. The quantitative estimate of drug-likeness (QED) is 0.531. The lowest BCUT2D eigenvalue weighted by molar-refractivity contribution is -0.165. The second kappa shape index (κ2) is 9.26. The lowest BCUT2D eigenvalue weighted by atomic mass is 10.1. The summed E-state index contributed by atoms with van der Waals surface area (Å²) in [6, 6.07) is 9.70. The normalized spacial score (nSPS) is 24.2. The van der Waals surface area contributed by atoms with Crippen molar-refractivity contribution in [1.82, 2.24) is 9.55 Å². The van der Waals surface area contributed by atoms with Crippen LogP contribution >= 0.6 is 11.8 Å². The van der Waals surface area contributed by atoms with Crippen molar-refractivity contribution in [3.8, 4) is 0 Å². The molecule has 2 heterocycles. The molecule has 1 N–H and O–H groups in total. The third kappa shape index (κ3) is 4.97. The molecule has 2 aromatic rings. The molecule has 0 unspecified atom stereocenters. The third-order valence-corrected chi connectivity index (χ3v) is 5.24. The zero-order valence-electron chi connectivity index (χ0n) is 16.0. The van der Waals surface area contributed by atoms with Gasteiger partial charge < -0.3 is 14.2 Å². The molecule has 1 aliphatic heterocycles. The monoisotopic (exact) mass is 438 g/mol. The van der Waals surface area contributed by atoms with Gasteiger partial charge in [0.2, 0.25) is 0 Å². The summed E-state index contributed by atoms with van der Waals surface area (Å²) in [6.07, 6.45) is -4.17. The van der Waals surface area contributed by atoms with Crippen molar-refractivity contribution < 1.29 is 28.2 Å². The van der Waals surface area contributed by atoms with Crippen molar-refractivity contribution >= 4 is 23.7 Å². The van der Waals surface area contributed by atoms with Crippen LogP contribution in [0.5, 0.6) is 0 Å². The molecule has 1 fully saturated rings. The first-order chi connectivity index (χ1) is 14.3. The number of esters is 2. The summed E-state index contributed by atoms with van der Waals surface area (Å²) < 4.78 is 32.4. The number of rotatable bonds is 6. The van der Waals surface area contributed by atoms with Crippen LogP contribution in [0.2, 0.25) is 0 Å². The minimum atomic E-state index is -1.72. The van der Waals surface area contributed by atoms with E-state index in [1.807, 2.05) is 0 Å². The topological polar surface area (TPSA) is 117 Å². The average molecular weight is 438 g/mol. The number of halogens is 1. The molecule has 0 radical (unpaired) electrons. The zero-order chi connectivity index (χ0) is 21.8. The number of hydrogen-bond donors (Lipinski definition) is 1. The van der Waals surface area contributed by atoms with Crippen molar-refractivity contribution in [2.75, 3.05) is 0 Å². The Hall–Kier alpha value is -2.92. The van der Waals surface area contributed by atoms with E-state index in [0.29, 0.717) is 4.90 Å². The van der Waals surface area contributed by atoms with Crippen molar-refractivity contribution in [2.24, 2.45) is 0 Å². The van der Waals surface area contributed by atoms with Crippen molar-refractivity contribution in [3.05, 3.63) is 63.4 Å². The highest BCUT2D eigenvalue weighted by Gasteiger charge is 2.53. The maximum atomic E-state index is 15.2. The Kier molecular flexibility index (Phi) is 6.73. The molecule has 160 valence electrons. The Balaban J connectivity index is 1.98. The van der Waals surface area contributed by atoms with Gasteiger partial charge in [-0.2, -0.15) is 0 Å². The SMILES string of the molecule is CC(=O)O[C@H]1[C@@H](OC(C)=O)[C@H](n2ccc(=O)[nH]c2=O)O[C@@H]1[C@H](F)Sc1ccccc1. The fourth-order valence-corrected chi connectivity index (χ4v) is 3.99. The number of thioether (sulfide) groups is 1. The van der Waals surface area contributed by atoms with Crippen LogP contribution in [0, 0.1) is 0 Å². The molecule has 1 aromatic heterocycles. The van der Waals surface area contributed by atoms with E-state index in [4.69, 9.17) is 14.2 Å². The molecular weight excluding hydrogens is 419 g/mol. The van der Waals surface area contributed by atoms with Crippen LogP contribution in [-0.4, -0.2) is 45.3 Å². The molecule has 0 amide bonds. The van der Waals surface area contributed by atoms with Gasteiger partial charge in [-0.15, -0.1) is 0 Å². The first-order valence-corrected chi connectivity index (χ1v) is 9.81. The van der Waals surface area contributed by atoms with Gasteiger partial charge in [0, 0.05) is 31.0 Å². The highest BCUT2D eigenvalue weighted by atomic mass is 32.2. The van der Waals surface area contributed by atoms with Gasteiger partial charge in [0.25, 0.3) is 5.56 Å². The van der Waals surface area contributed by atoms with Crippen LogP contribution < -0.4 is 11.2 Å². The number of H-pyrrole nitrogens is 1. The number of nitrogens with one attached hydrogen (secondary N) is 1. The Morgan fingerprint density at radius 3 is 2.33 bits per heavy atom. The number of ether oxygens (including phenoxy) is 3. The predicted octanol–water partition coefficient (Wildman–Crippen LogP) is 1.39. The summed E-state index contributed by atoms with van der Waals surface area (Å²) in [5, 5.41) is 0. The number of nitrogens with zero attached hydrogens (tertiary/aromatic N) is 1. The van der Waals surface area contributed by atoms with Crippen molar-refractivity contribution in [3.63, 3.8) is 0 Å². The van der Waals surface area contributed by atoms with Crippen LogP contribution in [0.1, 0.15) is 20.1 Å². The molecule has 11 heteroatoms. The minimum Gasteiger partial charge on any atom is -0.455 e. The fraction of sp³-hybridized carbons (Fsp3) is 0.368. The van der Waals surface area contributed by atoms with Gasteiger partial charge in [0.05, 0.1) is 0 Å². The molecule has 0 spiro atoms. The van der Waals surface area contributed by atoms with Crippen LogP contribution in [0.3, 0.4) is 0 Å². The van der Waals surface area contributed by atoms with Crippen LogP contribution in [-0.2, 0) is 23.8 Å². The van der Waals surface area contributed by atoms with E-state index < -0.39 is 53.2 Å². The number of benzene rings is 1. The largest absolute Gasteiger partial charge is 0.455 e. The lowest BCUT2D eigenvalue weighted by Gasteiger charge is -2.24. The number of carbonyl (C=O) groups is 2. The maximum absolute atomic E-state index is 15.2. The van der Waals surface area contributed by atoms with Gasteiger partial charge in [-0.25, -0.2) is 9.18 Å².